The maximum Gasteiger partial charge on any atom is 0.280 e. The number of thiophene rings is 1. The van der Waals surface area contributed by atoms with Crippen molar-refractivity contribution in [2.75, 3.05) is 7.11 Å². The zero-order valence-corrected chi connectivity index (χ0v) is 19.0. The van der Waals surface area contributed by atoms with E-state index in [0.29, 0.717) is 16.9 Å². The Morgan fingerprint density at radius 3 is 2.84 bits per heavy atom. The Morgan fingerprint density at radius 1 is 1.19 bits per heavy atom. The molecule has 0 aliphatic rings. The van der Waals surface area contributed by atoms with Crippen LogP contribution in [0.25, 0.3) is 31.7 Å². The number of para-hydroxylation sites is 2. The third-order valence-corrected chi connectivity index (χ3v) is 7.05. The van der Waals surface area contributed by atoms with Crippen molar-refractivity contribution in [1.82, 2.24) is 9.55 Å². The first-order valence-electron chi connectivity index (χ1n) is 9.99. The third kappa shape index (κ3) is 3.55. The average molecular weight is 458 g/mol. The Morgan fingerprint density at radius 2 is 2.06 bits per heavy atom. The number of fused-ring (bicyclic) bond motifs is 2. The number of carbonyl (C=O) groups is 1. The monoisotopic (exact) mass is 457 g/mol. The molecule has 0 fully saturated rings. The predicted octanol–water partition coefficient (Wildman–Crippen LogP) is 5.92. The van der Waals surface area contributed by atoms with Gasteiger partial charge in [-0.3, -0.25) is 4.79 Å². The van der Waals surface area contributed by atoms with Gasteiger partial charge in [-0.1, -0.05) is 47.7 Å². The van der Waals surface area contributed by atoms with Crippen LogP contribution in [0.1, 0.15) is 10.4 Å². The van der Waals surface area contributed by atoms with Crippen molar-refractivity contribution in [2.45, 2.75) is 6.54 Å². The molecule has 0 aliphatic heterocycles. The summed E-state index contributed by atoms with van der Waals surface area (Å²) in [6.07, 6.45) is 1.79. The van der Waals surface area contributed by atoms with Crippen molar-refractivity contribution in [3.8, 4) is 16.3 Å². The number of ether oxygens (including phenoxy) is 1. The molecule has 1 amide bonds. The molecule has 158 valence electrons. The van der Waals surface area contributed by atoms with Crippen LogP contribution in [0.3, 0.4) is 0 Å². The van der Waals surface area contributed by atoms with E-state index < -0.39 is 0 Å². The molecular weight excluding hydrogens is 438 g/mol. The largest absolute Gasteiger partial charge is 0.495 e. The highest BCUT2D eigenvalue weighted by atomic mass is 32.1. The number of methoxy groups -OCH3 is 1. The summed E-state index contributed by atoms with van der Waals surface area (Å²) in [7, 11) is 1.64. The van der Waals surface area contributed by atoms with E-state index in [1.807, 2.05) is 70.6 Å². The molecule has 0 radical (unpaired) electrons. The van der Waals surface area contributed by atoms with E-state index in [1.54, 1.807) is 24.5 Å². The summed E-state index contributed by atoms with van der Waals surface area (Å²) in [5.41, 5.74) is 2.99. The van der Waals surface area contributed by atoms with Gasteiger partial charge in [0, 0.05) is 11.9 Å². The number of hydrogen-bond donors (Lipinski definition) is 0. The van der Waals surface area contributed by atoms with Crippen molar-refractivity contribution < 1.29 is 9.53 Å². The van der Waals surface area contributed by atoms with Gasteiger partial charge in [0.2, 0.25) is 0 Å². The van der Waals surface area contributed by atoms with E-state index in [0.717, 1.165) is 37.4 Å². The minimum Gasteiger partial charge on any atom is -0.495 e. The summed E-state index contributed by atoms with van der Waals surface area (Å²) in [5, 5.41) is 2.79. The van der Waals surface area contributed by atoms with Crippen LogP contribution in [-0.4, -0.2) is 22.6 Å². The summed E-state index contributed by atoms with van der Waals surface area (Å²) in [6.45, 7) is 4.38. The molecule has 0 spiro atoms. The van der Waals surface area contributed by atoms with Crippen molar-refractivity contribution in [2.24, 2.45) is 4.99 Å². The van der Waals surface area contributed by atoms with Crippen molar-refractivity contribution in [3.05, 3.63) is 89.1 Å². The van der Waals surface area contributed by atoms with Gasteiger partial charge in [0.15, 0.2) is 4.80 Å². The zero-order chi connectivity index (χ0) is 22.1. The molecule has 3 heterocycles. The van der Waals surface area contributed by atoms with Gasteiger partial charge in [-0.15, -0.1) is 17.9 Å². The smallest absolute Gasteiger partial charge is 0.280 e. The molecule has 32 heavy (non-hydrogen) atoms. The lowest BCUT2D eigenvalue weighted by Crippen LogP contribution is -2.16. The van der Waals surface area contributed by atoms with Gasteiger partial charge in [0.05, 0.1) is 33.5 Å². The minimum absolute atomic E-state index is 0.301. The van der Waals surface area contributed by atoms with Gasteiger partial charge in [0.1, 0.15) is 11.3 Å². The topological polar surface area (TPSA) is 56.5 Å². The Hall–Kier alpha value is -3.55. The highest BCUT2D eigenvalue weighted by Crippen LogP contribution is 2.29. The summed E-state index contributed by atoms with van der Waals surface area (Å²) < 4.78 is 8.51. The lowest BCUT2D eigenvalue weighted by Gasteiger charge is -2.07. The molecule has 0 saturated heterocycles. The normalized spacial score (nSPS) is 11.8. The number of allylic oxidation sites excluding steroid dienone is 1. The van der Waals surface area contributed by atoms with Gasteiger partial charge >= 0.3 is 0 Å². The number of amides is 1. The Balaban J connectivity index is 1.73. The number of pyridine rings is 1. The fraction of sp³-hybridized carbons (Fsp3) is 0.0800. The number of aromatic nitrogens is 2. The molecule has 3 aromatic heterocycles. The van der Waals surface area contributed by atoms with Crippen molar-refractivity contribution in [1.29, 1.82) is 0 Å². The summed E-state index contributed by atoms with van der Waals surface area (Å²) >= 11 is 3.05. The first-order valence-corrected chi connectivity index (χ1v) is 11.7. The van der Waals surface area contributed by atoms with Crippen LogP contribution in [0.4, 0.5) is 0 Å². The van der Waals surface area contributed by atoms with Gasteiger partial charge in [-0.25, -0.2) is 4.98 Å². The standard InChI is InChI=1S/C25H19N3O2S2/c1-3-13-28-23-20(30-2)10-6-11-22(23)32-25(28)27-24(29)17-15-19(21-12-7-14-31-21)26-18-9-5-4-8-16(17)18/h3-12,14-15H,1,13H2,2H3. The van der Waals surface area contributed by atoms with Crippen molar-refractivity contribution in [3.63, 3.8) is 0 Å². The number of rotatable bonds is 5. The molecular formula is C25H19N3O2S2. The second-order valence-electron chi connectivity index (χ2n) is 7.06. The number of thiazole rings is 1. The SMILES string of the molecule is C=CCn1c(=NC(=O)c2cc(-c3cccs3)nc3ccccc23)sc2cccc(OC)c21. The lowest BCUT2D eigenvalue weighted by atomic mass is 10.1. The molecule has 5 aromatic rings. The highest BCUT2D eigenvalue weighted by Gasteiger charge is 2.16. The van der Waals surface area contributed by atoms with Crippen LogP contribution < -0.4 is 9.54 Å². The third-order valence-electron chi connectivity index (χ3n) is 5.11. The summed E-state index contributed by atoms with van der Waals surface area (Å²) in [6, 6.07) is 19.3. The molecule has 0 N–H and O–H groups in total. The van der Waals surface area contributed by atoms with Gasteiger partial charge in [0.25, 0.3) is 5.91 Å². The van der Waals surface area contributed by atoms with Crippen LogP contribution in [0, 0.1) is 0 Å². The summed E-state index contributed by atoms with van der Waals surface area (Å²) in [5.74, 6) is 0.439. The molecule has 5 nitrogen and oxygen atoms in total. The summed E-state index contributed by atoms with van der Waals surface area (Å²) in [4.78, 5) is 24.4. The molecule has 0 bridgehead atoms. The molecule has 0 unspecified atom stereocenters. The second-order valence-corrected chi connectivity index (χ2v) is 9.01. The maximum atomic E-state index is 13.5. The van der Waals surface area contributed by atoms with Crippen LogP contribution in [0.5, 0.6) is 5.75 Å². The number of carbonyl (C=O) groups excluding carboxylic acids is 1. The fourth-order valence-corrected chi connectivity index (χ4v) is 5.44. The molecule has 2 aromatic carbocycles. The van der Waals surface area contributed by atoms with E-state index in [1.165, 1.54) is 11.3 Å². The maximum absolute atomic E-state index is 13.5. The van der Waals surface area contributed by atoms with Gasteiger partial charge in [-0.05, 0) is 35.7 Å². The number of nitrogens with zero attached hydrogens (tertiary/aromatic N) is 3. The first-order chi connectivity index (χ1) is 15.7. The molecule has 0 atom stereocenters. The van der Waals surface area contributed by atoms with E-state index in [4.69, 9.17) is 9.72 Å². The average Bonchev–Trinajstić information content (AvgIpc) is 3.47. The highest BCUT2D eigenvalue weighted by molar-refractivity contribution is 7.16. The van der Waals surface area contributed by atoms with E-state index >= 15 is 0 Å². The molecule has 7 heteroatoms. The predicted molar refractivity (Wildman–Crippen MR) is 132 cm³/mol. The number of hydrogen-bond acceptors (Lipinski definition) is 5. The van der Waals surface area contributed by atoms with E-state index in [9.17, 15) is 4.79 Å². The van der Waals surface area contributed by atoms with Gasteiger partial charge in [-0.2, -0.15) is 4.99 Å². The van der Waals surface area contributed by atoms with Crippen molar-refractivity contribution >= 4 is 49.7 Å². The van der Waals surface area contributed by atoms with E-state index in [2.05, 4.69) is 11.6 Å². The second kappa shape index (κ2) is 8.53. The Kier molecular flexibility index (Phi) is 5.43. The minimum atomic E-state index is -0.301. The quantitative estimate of drug-likeness (QED) is 0.308. The zero-order valence-electron chi connectivity index (χ0n) is 17.3. The van der Waals surface area contributed by atoms with Gasteiger partial charge < -0.3 is 9.30 Å². The van der Waals surface area contributed by atoms with Crippen LogP contribution >= 0.6 is 22.7 Å². The number of benzene rings is 2. The van der Waals surface area contributed by atoms with Crippen LogP contribution in [0.15, 0.2) is 83.7 Å². The van der Waals surface area contributed by atoms with Crippen LogP contribution in [0.2, 0.25) is 0 Å². The van der Waals surface area contributed by atoms with Crippen LogP contribution in [-0.2, 0) is 6.54 Å². The van der Waals surface area contributed by atoms with E-state index in [-0.39, 0.29) is 5.91 Å². The first kappa shape index (κ1) is 20.4. The fourth-order valence-electron chi connectivity index (χ4n) is 3.70. The molecule has 5 rings (SSSR count). The molecule has 0 aliphatic carbocycles. The Labute approximate surface area is 192 Å². The molecule has 0 saturated carbocycles. The Bertz CT molecular complexity index is 1530. The lowest BCUT2D eigenvalue weighted by molar-refractivity contribution is 0.0999.